The molecule has 0 unspecified atom stereocenters. The van der Waals surface area contributed by atoms with Crippen molar-refractivity contribution in [2.24, 2.45) is 5.92 Å². The number of hydrogen-bond acceptors (Lipinski definition) is 3. The monoisotopic (exact) mass is 568 g/mol. The fraction of sp³-hybridized carbons (Fsp3) is 0.485. The van der Waals surface area contributed by atoms with Crippen molar-refractivity contribution in [3.63, 3.8) is 0 Å². The molecular formula is C33H42Cl2N2O2. The highest BCUT2D eigenvalue weighted by atomic mass is 35.5. The third-order valence-corrected chi connectivity index (χ3v) is 8.28. The molecule has 6 heteroatoms. The number of unbranched alkanes of at least 4 members (excludes halogenated alkanes) is 2. The molecule has 1 aromatic heterocycles. The average molecular weight is 570 g/mol. The van der Waals surface area contributed by atoms with Crippen LogP contribution < -0.4 is 0 Å². The molecule has 4 rings (SSSR count). The summed E-state index contributed by atoms with van der Waals surface area (Å²) in [4.78, 5) is 18.5. The number of benzene rings is 2. The number of likely N-dealkylation sites (tertiary alicyclic amines) is 1. The van der Waals surface area contributed by atoms with Gasteiger partial charge in [-0.15, -0.1) is 0 Å². The van der Waals surface area contributed by atoms with Crippen molar-refractivity contribution in [2.45, 2.75) is 78.3 Å². The Kier molecular flexibility index (Phi) is 11.0. The van der Waals surface area contributed by atoms with E-state index in [0.29, 0.717) is 28.3 Å². The number of furan rings is 1. The summed E-state index contributed by atoms with van der Waals surface area (Å²) in [5.74, 6) is 2.20. The minimum atomic E-state index is 0.0678. The Bertz CT molecular complexity index is 1200. The van der Waals surface area contributed by atoms with Gasteiger partial charge in [0.1, 0.15) is 11.5 Å². The normalized spacial score (nSPS) is 14.7. The fourth-order valence-corrected chi connectivity index (χ4v) is 5.79. The lowest BCUT2D eigenvalue weighted by molar-refractivity contribution is 0.0527. The van der Waals surface area contributed by atoms with Crippen molar-refractivity contribution in [1.82, 2.24) is 9.80 Å². The highest BCUT2D eigenvalue weighted by Crippen LogP contribution is 2.32. The van der Waals surface area contributed by atoms with E-state index in [1.807, 2.05) is 35.2 Å². The van der Waals surface area contributed by atoms with Crippen LogP contribution in [0.4, 0.5) is 0 Å². The van der Waals surface area contributed by atoms with Gasteiger partial charge in [0.15, 0.2) is 0 Å². The Balaban J connectivity index is 1.51. The van der Waals surface area contributed by atoms with Gasteiger partial charge < -0.3 is 14.2 Å². The molecule has 2 aromatic carbocycles. The Morgan fingerprint density at radius 2 is 1.77 bits per heavy atom. The molecule has 0 bridgehead atoms. The molecule has 1 saturated heterocycles. The van der Waals surface area contributed by atoms with Crippen LogP contribution in [0.1, 0.15) is 81.0 Å². The van der Waals surface area contributed by atoms with Gasteiger partial charge in [-0.05, 0) is 92.6 Å². The molecule has 1 amide bonds. The van der Waals surface area contributed by atoms with Crippen molar-refractivity contribution in [3.8, 4) is 11.3 Å². The Morgan fingerprint density at radius 3 is 2.44 bits per heavy atom. The highest BCUT2D eigenvalue weighted by Gasteiger charge is 2.29. The molecule has 0 radical (unpaired) electrons. The first-order valence-electron chi connectivity index (χ1n) is 14.5. The predicted octanol–water partition coefficient (Wildman–Crippen LogP) is 9.14. The zero-order valence-electron chi connectivity index (χ0n) is 23.6. The molecule has 0 saturated carbocycles. The van der Waals surface area contributed by atoms with Crippen LogP contribution in [0.3, 0.4) is 0 Å². The number of piperidine rings is 1. The number of carbonyl (C=O) groups excluding carboxylic acids is 1. The van der Waals surface area contributed by atoms with Crippen LogP contribution in [0.5, 0.6) is 0 Å². The molecule has 39 heavy (non-hydrogen) atoms. The number of carbonyl (C=O) groups is 1. The van der Waals surface area contributed by atoms with Crippen molar-refractivity contribution in [3.05, 3.63) is 81.5 Å². The highest BCUT2D eigenvalue weighted by molar-refractivity contribution is 6.36. The zero-order valence-corrected chi connectivity index (χ0v) is 25.1. The van der Waals surface area contributed by atoms with Crippen LogP contribution in [0, 0.1) is 5.92 Å². The van der Waals surface area contributed by atoms with E-state index in [4.69, 9.17) is 27.6 Å². The maximum atomic E-state index is 13.9. The van der Waals surface area contributed by atoms with E-state index in [9.17, 15) is 4.79 Å². The molecule has 0 atom stereocenters. The summed E-state index contributed by atoms with van der Waals surface area (Å²) >= 11 is 12.5. The minimum absolute atomic E-state index is 0.0678. The molecule has 1 fully saturated rings. The molecule has 0 spiro atoms. The largest absolute Gasteiger partial charge is 0.459 e. The van der Waals surface area contributed by atoms with Crippen LogP contribution in [0.15, 0.2) is 59.0 Å². The summed E-state index contributed by atoms with van der Waals surface area (Å²) in [6.07, 6.45) is 7.83. The molecule has 0 aliphatic carbocycles. The molecule has 1 aliphatic rings. The van der Waals surface area contributed by atoms with Crippen molar-refractivity contribution >= 4 is 29.1 Å². The first-order valence-corrected chi connectivity index (χ1v) is 15.3. The van der Waals surface area contributed by atoms with Crippen molar-refractivity contribution in [1.29, 1.82) is 0 Å². The average Bonchev–Trinajstić information content (AvgIpc) is 3.39. The lowest BCUT2D eigenvalue weighted by Gasteiger charge is -2.38. The predicted molar refractivity (Wildman–Crippen MR) is 163 cm³/mol. The summed E-state index contributed by atoms with van der Waals surface area (Å²) in [6.45, 7) is 10.4. The summed E-state index contributed by atoms with van der Waals surface area (Å²) < 4.78 is 6.23. The first kappa shape index (κ1) is 29.7. The molecular weight excluding hydrogens is 527 g/mol. The number of nitrogens with zero attached hydrogens (tertiary/aromatic N) is 2. The van der Waals surface area contributed by atoms with Gasteiger partial charge in [0, 0.05) is 35.3 Å². The second-order valence-electron chi connectivity index (χ2n) is 11.2. The lowest BCUT2D eigenvalue weighted by Crippen LogP contribution is -2.47. The van der Waals surface area contributed by atoms with Gasteiger partial charge in [-0.25, -0.2) is 0 Å². The number of aryl methyl sites for hydroxylation is 1. The number of amides is 1. The Labute approximate surface area is 244 Å². The van der Waals surface area contributed by atoms with Gasteiger partial charge >= 0.3 is 0 Å². The van der Waals surface area contributed by atoms with Crippen LogP contribution in [-0.2, 0) is 13.0 Å². The topological polar surface area (TPSA) is 36.7 Å². The van der Waals surface area contributed by atoms with Crippen molar-refractivity contribution < 1.29 is 9.21 Å². The first-order chi connectivity index (χ1) is 18.8. The lowest BCUT2D eigenvalue weighted by atomic mass is 10.00. The van der Waals surface area contributed by atoms with Crippen LogP contribution in [-0.4, -0.2) is 41.4 Å². The zero-order chi connectivity index (χ0) is 27.8. The standard InChI is InChI=1S/C33H42Cl2N2O2/c1-4-5-6-7-25-8-10-26(11-9-25)33(38)37(28-17-20-36(21-18-28)19-16-24(2)3)23-29-13-15-32(39-29)30-14-12-27(34)22-31(30)35/h8-15,22,24,28H,4-7,16-21,23H2,1-3H3. The summed E-state index contributed by atoms with van der Waals surface area (Å²) in [5.41, 5.74) is 2.83. The Morgan fingerprint density at radius 1 is 1.03 bits per heavy atom. The smallest absolute Gasteiger partial charge is 0.254 e. The minimum Gasteiger partial charge on any atom is -0.459 e. The molecule has 0 N–H and O–H groups in total. The van der Waals surface area contributed by atoms with E-state index in [2.05, 4.69) is 37.8 Å². The van der Waals surface area contributed by atoms with Crippen molar-refractivity contribution in [2.75, 3.05) is 19.6 Å². The molecule has 2 heterocycles. The number of halogens is 2. The van der Waals surface area contributed by atoms with Gasteiger partial charge in [0.05, 0.1) is 11.6 Å². The van der Waals surface area contributed by atoms with E-state index < -0.39 is 0 Å². The van der Waals surface area contributed by atoms with E-state index in [1.54, 1.807) is 12.1 Å². The van der Waals surface area contributed by atoms with Crippen LogP contribution in [0.2, 0.25) is 10.0 Å². The molecule has 1 aliphatic heterocycles. The second kappa shape index (κ2) is 14.4. The van der Waals surface area contributed by atoms with Gasteiger partial charge in [0.2, 0.25) is 0 Å². The third kappa shape index (κ3) is 8.36. The summed E-state index contributed by atoms with van der Waals surface area (Å²) in [5, 5.41) is 1.13. The number of rotatable bonds is 12. The van der Waals surface area contributed by atoms with E-state index in [-0.39, 0.29) is 11.9 Å². The van der Waals surface area contributed by atoms with Crippen LogP contribution >= 0.6 is 23.2 Å². The summed E-state index contributed by atoms with van der Waals surface area (Å²) in [6, 6.07) is 17.7. The van der Waals surface area contributed by atoms with E-state index in [1.165, 1.54) is 31.2 Å². The van der Waals surface area contributed by atoms with Gasteiger partial charge in [-0.3, -0.25) is 4.79 Å². The maximum absolute atomic E-state index is 13.9. The summed E-state index contributed by atoms with van der Waals surface area (Å²) in [7, 11) is 0. The van der Waals surface area contributed by atoms with Crippen LogP contribution in [0.25, 0.3) is 11.3 Å². The molecule has 4 nitrogen and oxygen atoms in total. The van der Waals surface area contributed by atoms with Gasteiger partial charge in [-0.1, -0.05) is 68.9 Å². The molecule has 210 valence electrons. The molecule has 3 aromatic rings. The van der Waals surface area contributed by atoms with Gasteiger partial charge in [0.25, 0.3) is 5.91 Å². The van der Waals surface area contributed by atoms with E-state index >= 15 is 0 Å². The van der Waals surface area contributed by atoms with Gasteiger partial charge in [-0.2, -0.15) is 0 Å². The van der Waals surface area contributed by atoms with E-state index in [0.717, 1.165) is 55.8 Å². The number of hydrogen-bond donors (Lipinski definition) is 0. The SMILES string of the molecule is CCCCCc1ccc(C(=O)N(Cc2ccc(-c3ccc(Cl)cc3Cl)o2)C2CCN(CCC(C)C)CC2)cc1. The maximum Gasteiger partial charge on any atom is 0.254 e. The third-order valence-electron chi connectivity index (χ3n) is 7.74. The Hall–Kier alpha value is -2.27. The second-order valence-corrected chi connectivity index (χ2v) is 12.1. The quantitative estimate of drug-likeness (QED) is 0.204. The fourth-order valence-electron chi connectivity index (χ4n) is 5.29.